The van der Waals surface area contributed by atoms with E-state index in [1.807, 2.05) is 12.1 Å². The van der Waals surface area contributed by atoms with Gasteiger partial charge in [0.25, 0.3) is 0 Å². The zero-order chi connectivity index (χ0) is 9.97. The van der Waals surface area contributed by atoms with Crippen molar-refractivity contribution in [3.05, 3.63) is 35.6 Å². The summed E-state index contributed by atoms with van der Waals surface area (Å²) in [5.41, 5.74) is 1.13. The standard InChI is InChI=1S/C12H14ClF/c13-11(7-9-1-2-9)8-10-3-5-12(14)6-4-10/h3-6,9,11H,1-2,7-8H2. The van der Waals surface area contributed by atoms with E-state index in [1.54, 1.807) is 0 Å². The van der Waals surface area contributed by atoms with Crippen molar-refractivity contribution in [1.29, 1.82) is 0 Å². The summed E-state index contributed by atoms with van der Waals surface area (Å²) in [5.74, 6) is 0.681. The lowest BCUT2D eigenvalue weighted by Gasteiger charge is -2.08. The molecule has 1 aromatic rings. The van der Waals surface area contributed by atoms with Crippen molar-refractivity contribution in [3.63, 3.8) is 0 Å². The predicted molar refractivity (Wildman–Crippen MR) is 57.1 cm³/mol. The second-order valence-electron chi connectivity index (χ2n) is 4.11. The highest BCUT2D eigenvalue weighted by Gasteiger charge is 2.24. The van der Waals surface area contributed by atoms with E-state index in [4.69, 9.17) is 11.6 Å². The van der Waals surface area contributed by atoms with Crippen LogP contribution in [-0.2, 0) is 6.42 Å². The number of benzene rings is 1. The van der Waals surface area contributed by atoms with Gasteiger partial charge in [-0.15, -0.1) is 11.6 Å². The second kappa shape index (κ2) is 4.31. The maximum atomic E-state index is 12.6. The van der Waals surface area contributed by atoms with Crippen LogP contribution in [0.3, 0.4) is 0 Å². The highest BCUT2D eigenvalue weighted by Crippen LogP contribution is 2.35. The van der Waals surface area contributed by atoms with Gasteiger partial charge in [-0.1, -0.05) is 25.0 Å². The Bertz CT molecular complexity index is 290. The Labute approximate surface area is 89.1 Å². The highest BCUT2D eigenvalue weighted by molar-refractivity contribution is 6.20. The zero-order valence-electron chi connectivity index (χ0n) is 8.05. The lowest BCUT2D eigenvalue weighted by molar-refractivity contribution is 0.625. The summed E-state index contributed by atoms with van der Waals surface area (Å²) in [6, 6.07) is 6.63. The van der Waals surface area contributed by atoms with E-state index in [2.05, 4.69) is 0 Å². The van der Waals surface area contributed by atoms with Crippen molar-refractivity contribution in [3.8, 4) is 0 Å². The molecule has 0 N–H and O–H groups in total. The fourth-order valence-electron chi connectivity index (χ4n) is 1.67. The molecule has 1 atom stereocenters. The largest absolute Gasteiger partial charge is 0.207 e. The number of halogens is 2. The van der Waals surface area contributed by atoms with E-state index in [0.717, 1.165) is 24.3 Å². The Morgan fingerprint density at radius 3 is 2.50 bits per heavy atom. The monoisotopic (exact) mass is 212 g/mol. The molecule has 0 saturated heterocycles. The molecule has 2 heteroatoms. The van der Waals surface area contributed by atoms with Gasteiger partial charge in [-0.25, -0.2) is 4.39 Å². The second-order valence-corrected chi connectivity index (χ2v) is 4.72. The minimum Gasteiger partial charge on any atom is -0.207 e. The van der Waals surface area contributed by atoms with Gasteiger partial charge < -0.3 is 0 Å². The molecule has 0 heterocycles. The normalized spacial score (nSPS) is 18.1. The summed E-state index contributed by atoms with van der Waals surface area (Å²) in [4.78, 5) is 0. The molecule has 14 heavy (non-hydrogen) atoms. The molecule has 0 bridgehead atoms. The first-order chi connectivity index (χ1) is 6.74. The van der Waals surface area contributed by atoms with E-state index >= 15 is 0 Å². The van der Waals surface area contributed by atoms with Crippen molar-refractivity contribution >= 4 is 11.6 Å². The molecule has 1 aliphatic carbocycles. The van der Waals surface area contributed by atoms with Crippen LogP contribution in [0.4, 0.5) is 4.39 Å². The van der Waals surface area contributed by atoms with E-state index in [0.29, 0.717) is 0 Å². The van der Waals surface area contributed by atoms with Crippen LogP contribution in [0, 0.1) is 11.7 Å². The molecular formula is C12H14ClF. The van der Waals surface area contributed by atoms with Crippen molar-refractivity contribution in [2.45, 2.75) is 31.1 Å². The molecule has 1 saturated carbocycles. The van der Waals surface area contributed by atoms with Crippen molar-refractivity contribution in [2.24, 2.45) is 5.92 Å². The highest BCUT2D eigenvalue weighted by atomic mass is 35.5. The Hall–Kier alpha value is -0.560. The molecule has 0 radical (unpaired) electrons. The summed E-state index contributed by atoms with van der Waals surface area (Å²) in [6.07, 6.45) is 4.65. The average Bonchev–Trinajstić information content (AvgIpc) is 2.93. The van der Waals surface area contributed by atoms with Crippen molar-refractivity contribution in [2.75, 3.05) is 0 Å². The molecule has 76 valence electrons. The lowest BCUT2D eigenvalue weighted by atomic mass is 10.1. The van der Waals surface area contributed by atoms with Gasteiger partial charge in [-0.05, 0) is 36.5 Å². The average molecular weight is 213 g/mol. The van der Waals surface area contributed by atoms with E-state index in [-0.39, 0.29) is 11.2 Å². The first-order valence-corrected chi connectivity index (χ1v) is 5.56. The number of alkyl halides is 1. The Morgan fingerprint density at radius 2 is 1.93 bits per heavy atom. The molecule has 1 fully saturated rings. The summed E-state index contributed by atoms with van der Waals surface area (Å²) in [6.45, 7) is 0. The SMILES string of the molecule is Fc1ccc(CC(Cl)CC2CC2)cc1. The Morgan fingerprint density at radius 1 is 1.29 bits per heavy atom. The fourth-order valence-corrected chi connectivity index (χ4v) is 2.10. The molecule has 0 aromatic heterocycles. The lowest BCUT2D eigenvalue weighted by Crippen LogP contribution is -2.04. The smallest absolute Gasteiger partial charge is 0.123 e. The predicted octanol–water partition coefficient (Wildman–Crippen LogP) is 3.78. The van der Waals surface area contributed by atoms with Gasteiger partial charge in [0.2, 0.25) is 0 Å². The summed E-state index contributed by atoms with van der Waals surface area (Å²) in [5, 5.41) is 0.216. The van der Waals surface area contributed by atoms with E-state index < -0.39 is 0 Å². The molecular weight excluding hydrogens is 199 g/mol. The minimum absolute atomic E-state index is 0.179. The van der Waals surface area contributed by atoms with Gasteiger partial charge >= 0.3 is 0 Å². The Balaban J connectivity index is 1.85. The maximum absolute atomic E-state index is 12.6. The van der Waals surface area contributed by atoms with E-state index in [9.17, 15) is 4.39 Å². The van der Waals surface area contributed by atoms with Gasteiger partial charge in [-0.2, -0.15) is 0 Å². The third-order valence-electron chi connectivity index (χ3n) is 2.66. The first-order valence-electron chi connectivity index (χ1n) is 5.12. The van der Waals surface area contributed by atoms with Gasteiger partial charge in [0.05, 0.1) is 0 Å². The third kappa shape index (κ3) is 2.98. The molecule has 0 nitrogen and oxygen atoms in total. The van der Waals surface area contributed by atoms with Crippen molar-refractivity contribution < 1.29 is 4.39 Å². The quantitative estimate of drug-likeness (QED) is 0.667. The minimum atomic E-state index is -0.179. The molecule has 1 unspecified atom stereocenters. The van der Waals surface area contributed by atoms with Crippen LogP contribution >= 0.6 is 11.6 Å². The summed E-state index contributed by atoms with van der Waals surface area (Å²) >= 11 is 6.20. The van der Waals surface area contributed by atoms with Gasteiger partial charge in [0, 0.05) is 5.38 Å². The molecule has 0 amide bonds. The topological polar surface area (TPSA) is 0 Å². The van der Waals surface area contributed by atoms with Crippen LogP contribution in [0.15, 0.2) is 24.3 Å². The van der Waals surface area contributed by atoms with Crippen LogP contribution < -0.4 is 0 Å². The maximum Gasteiger partial charge on any atom is 0.123 e. The third-order valence-corrected chi connectivity index (χ3v) is 2.99. The van der Waals surface area contributed by atoms with Crippen LogP contribution in [0.25, 0.3) is 0 Å². The summed E-state index contributed by atoms with van der Waals surface area (Å²) in [7, 11) is 0. The zero-order valence-corrected chi connectivity index (χ0v) is 8.80. The Kier molecular flexibility index (Phi) is 3.07. The van der Waals surface area contributed by atoms with Crippen LogP contribution in [0.1, 0.15) is 24.8 Å². The van der Waals surface area contributed by atoms with Gasteiger partial charge in [0.1, 0.15) is 5.82 Å². The van der Waals surface area contributed by atoms with Crippen LogP contribution in [0.2, 0.25) is 0 Å². The van der Waals surface area contributed by atoms with Gasteiger partial charge in [-0.3, -0.25) is 0 Å². The van der Waals surface area contributed by atoms with Gasteiger partial charge in [0.15, 0.2) is 0 Å². The molecule has 0 spiro atoms. The van der Waals surface area contributed by atoms with Crippen molar-refractivity contribution in [1.82, 2.24) is 0 Å². The van der Waals surface area contributed by atoms with E-state index in [1.165, 1.54) is 25.0 Å². The number of hydrogen-bond donors (Lipinski definition) is 0. The first kappa shape index (κ1) is 9.97. The number of hydrogen-bond acceptors (Lipinski definition) is 0. The summed E-state index contributed by atoms with van der Waals surface area (Å²) < 4.78 is 12.6. The fraction of sp³-hybridized carbons (Fsp3) is 0.500. The number of rotatable bonds is 4. The molecule has 1 aromatic carbocycles. The molecule has 0 aliphatic heterocycles. The van der Waals surface area contributed by atoms with Crippen LogP contribution in [-0.4, -0.2) is 5.38 Å². The molecule has 1 aliphatic rings. The molecule has 2 rings (SSSR count). The van der Waals surface area contributed by atoms with Crippen LogP contribution in [0.5, 0.6) is 0 Å².